The van der Waals surface area contributed by atoms with Crippen LogP contribution in [-0.2, 0) is 5.48 Å². The molecule has 6 heteroatoms. The third-order valence-corrected chi connectivity index (χ3v) is 0. The van der Waals surface area contributed by atoms with E-state index in [9.17, 15) is 0 Å². The summed E-state index contributed by atoms with van der Waals surface area (Å²) in [6.45, 7) is 0. The molecular weight excluding hydrogens is 116 g/mol. The Morgan fingerprint density at radius 1 is 0.500 bits per heavy atom. The van der Waals surface area contributed by atoms with Crippen LogP contribution in [-0.4, -0.2) is 23.1 Å². The molecule has 0 amide bonds. The molecule has 0 unspecified atom stereocenters. The van der Waals surface area contributed by atoms with Crippen LogP contribution in [0.25, 0.3) is 0 Å². The van der Waals surface area contributed by atoms with Crippen molar-refractivity contribution in [1.82, 2.24) is 0 Å². The fourth-order valence-electron chi connectivity index (χ4n) is 0. The van der Waals surface area contributed by atoms with Gasteiger partial charge in [0.15, 0.2) is 0 Å². The molecule has 0 heterocycles. The van der Waals surface area contributed by atoms with Gasteiger partial charge in [-0.3, -0.25) is 0 Å². The average molecular weight is 116 g/mol. The molecule has 6 heavy (non-hydrogen) atoms. The van der Waals surface area contributed by atoms with E-state index in [2.05, 4.69) is 0 Å². The van der Waals surface area contributed by atoms with Gasteiger partial charge in [0.2, 0.25) is 0 Å². The van der Waals surface area contributed by atoms with Gasteiger partial charge < -0.3 is 18.8 Å². The zero-order chi connectivity index (χ0) is 0. The van der Waals surface area contributed by atoms with Crippen molar-refractivity contribution < 1.29 is 24.3 Å². The van der Waals surface area contributed by atoms with Crippen LogP contribution in [0.1, 0.15) is 0 Å². The molecule has 0 atom stereocenters. The minimum atomic E-state index is 0. The Bertz CT molecular complexity index is 7.51. The predicted molar refractivity (Wildman–Crippen MR) is 6.44 cm³/mol. The summed E-state index contributed by atoms with van der Waals surface area (Å²) in [5, 5.41) is 0. The monoisotopic (exact) mass is 116 g/mol. The van der Waals surface area contributed by atoms with Crippen LogP contribution >= 0.6 is 0 Å². The van der Waals surface area contributed by atoms with Crippen LogP contribution in [0.15, 0.2) is 0 Å². The molecule has 0 saturated carbocycles. The van der Waals surface area contributed by atoms with E-state index in [1.54, 1.807) is 0 Å². The quantitative estimate of drug-likeness (QED) is 0.222. The summed E-state index contributed by atoms with van der Waals surface area (Å²) >= 11 is 0. The molecule has 0 aromatic heterocycles. The molecule has 0 fully saturated rings. The summed E-state index contributed by atoms with van der Waals surface area (Å²) in [6.07, 6.45) is 0. The van der Waals surface area contributed by atoms with Crippen LogP contribution in [0.2, 0.25) is 0 Å². The van der Waals surface area contributed by atoms with E-state index in [1.807, 2.05) is 0 Å². The van der Waals surface area contributed by atoms with Gasteiger partial charge in [0.1, 0.15) is 0 Å². The number of hydrogen-bond acceptors (Lipinski definition) is 0. The van der Waals surface area contributed by atoms with Gasteiger partial charge in [-0.1, -0.05) is 0 Å². The fraction of sp³-hybridized carbons (Fsp3) is 0. The van der Waals surface area contributed by atoms with Crippen molar-refractivity contribution in [1.29, 1.82) is 0 Å². The van der Waals surface area contributed by atoms with Gasteiger partial charge in [-0.05, 0) is 0 Å². The van der Waals surface area contributed by atoms with Crippen molar-refractivity contribution in [2.45, 2.75) is 0 Å². The standard InChI is InChI=1S/4FH.Mg.O/h4*1H;;/q;;;;2*+2/p-4. The zero-order valence-electron chi connectivity index (χ0n) is 2.63. The molecule has 36 valence electrons. The second-order valence-electron chi connectivity index (χ2n) is 0. The molecule has 0 aromatic rings. The van der Waals surface area contributed by atoms with Gasteiger partial charge in [-0.15, -0.1) is 0 Å². The maximum Gasteiger partial charge on any atom is 2.00 e. The molecule has 0 N–H and O–H groups in total. The summed E-state index contributed by atoms with van der Waals surface area (Å²) in [5.74, 6) is 0. The van der Waals surface area contributed by atoms with Crippen LogP contribution in [0.5, 0.6) is 0 Å². The average Bonchev–Trinajstić information content (AvgIpc) is 0. The summed E-state index contributed by atoms with van der Waals surface area (Å²) in [5.41, 5.74) is 0. The molecule has 0 bridgehead atoms. The first-order chi connectivity index (χ1) is 0. The number of rotatable bonds is 0. The maximum absolute atomic E-state index is 0. The van der Waals surface area contributed by atoms with Crippen LogP contribution in [0.4, 0.5) is 0 Å². The smallest absolute Gasteiger partial charge is 1.00 e. The van der Waals surface area contributed by atoms with E-state index in [-0.39, 0.29) is 47.3 Å². The molecule has 4 radical (unpaired) electrons. The first-order valence-electron chi connectivity index (χ1n) is 0. The molecule has 0 spiro atoms. The van der Waals surface area contributed by atoms with E-state index in [0.717, 1.165) is 0 Å². The van der Waals surface area contributed by atoms with Gasteiger partial charge in [0.05, 0.1) is 0 Å². The van der Waals surface area contributed by atoms with E-state index >= 15 is 0 Å². The van der Waals surface area contributed by atoms with E-state index in [1.165, 1.54) is 0 Å². The molecule has 0 aliphatic rings. The molecular formula is F4MgO. The Morgan fingerprint density at radius 3 is 0.500 bits per heavy atom. The first kappa shape index (κ1) is 960. The summed E-state index contributed by atoms with van der Waals surface area (Å²) in [6, 6.07) is 0. The minimum Gasteiger partial charge on any atom is -1.00 e. The SMILES string of the molecule is [F-].[F-].[F-].[F-].[Mg+2].[O+2]. The Labute approximate surface area is 48.0 Å². The molecule has 0 aliphatic heterocycles. The summed E-state index contributed by atoms with van der Waals surface area (Å²) < 4.78 is 0. The number of hydrogen-bond donors (Lipinski definition) is 0. The Morgan fingerprint density at radius 2 is 0.500 bits per heavy atom. The minimum absolute atomic E-state index is 0. The second-order valence-corrected chi connectivity index (χ2v) is 0. The molecule has 1 nitrogen and oxygen atoms in total. The first-order valence-corrected chi connectivity index (χ1v) is 0. The molecule has 0 aliphatic carbocycles. The van der Waals surface area contributed by atoms with E-state index in [4.69, 9.17) is 0 Å². The third kappa shape index (κ3) is 265. The largest absolute Gasteiger partial charge is 2.00 e. The van der Waals surface area contributed by atoms with E-state index in [0.29, 0.717) is 0 Å². The molecule has 0 rings (SSSR count). The van der Waals surface area contributed by atoms with Crippen molar-refractivity contribution in [3.63, 3.8) is 0 Å². The van der Waals surface area contributed by atoms with Gasteiger partial charge in [0, 0.05) is 0 Å². The van der Waals surface area contributed by atoms with Crippen molar-refractivity contribution >= 4 is 23.1 Å². The number of halogens is 4. The van der Waals surface area contributed by atoms with Gasteiger partial charge in [-0.2, -0.15) is 0 Å². The normalized spacial score (nSPS) is 0. The van der Waals surface area contributed by atoms with Gasteiger partial charge >= 0.3 is 28.5 Å². The van der Waals surface area contributed by atoms with Crippen molar-refractivity contribution in [3.05, 3.63) is 0 Å². The second kappa shape index (κ2) is 541. The van der Waals surface area contributed by atoms with Crippen LogP contribution in [0, 0.1) is 0 Å². The Hall–Kier alpha value is 0.446. The molecule has 0 aromatic carbocycles. The van der Waals surface area contributed by atoms with Crippen molar-refractivity contribution in [2.75, 3.05) is 0 Å². The van der Waals surface area contributed by atoms with Crippen molar-refractivity contribution in [3.8, 4) is 0 Å². The summed E-state index contributed by atoms with van der Waals surface area (Å²) in [7, 11) is 0. The van der Waals surface area contributed by atoms with Gasteiger partial charge in [0.25, 0.3) is 0 Å². The summed E-state index contributed by atoms with van der Waals surface area (Å²) in [4.78, 5) is 0. The Kier molecular flexibility index (Phi) is 86500. The Balaban J connectivity index is 0. The third-order valence-electron chi connectivity index (χ3n) is 0. The predicted octanol–water partition coefficient (Wildman–Crippen LogP) is -12.5. The van der Waals surface area contributed by atoms with Crippen LogP contribution in [0.3, 0.4) is 0 Å². The van der Waals surface area contributed by atoms with E-state index < -0.39 is 0 Å². The zero-order valence-corrected chi connectivity index (χ0v) is 4.04. The van der Waals surface area contributed by atoms with Crippen molar-refractivity contribution in [2.24, 2.45) is 0 Å². The fourth-order valence-corrected chi connectivity index (χ4v) is 0. The maximum atomic E-state index is 0. The van der Waals surface area contributed by atoms with Crippen LogP contribution < -0.4 is 18.8 Å². The topological polar surface area (TPSA) is 28.5 Å². The molecule has 0 saturated heterocycles. The van der Waals surface area contributed by atoms with Gasteiger partial charge in [-0.25, -0.2) is 0 Å².